The Balaban J connectivity index is 1.33. The molecule has 1 aromatic carbocycles. The largest absolute Gasteiger partial charge is 0.494 e. The van der Waals surface area contributed by atoms with Crippen LogP contribution in [-0.2, 0) is 23.4 Å². The number of carbonyl (C=O) groups excluding carboxylic acids is 1. The third-order valence-corrected chi connectivity index (χ3v) is 7.52. The summed E-state index contributed by atoms with van der Waals surface area (Å²) in [6, 6.07) is 7.65. The lowest BCUT2D eigenvalue weighted by Crippen LogP contribution is -2.28. The Labute approximate surface area is 189 Å². The van der Waals surface area contributed by atoms with Gasteiger partial charge in [0.25, 0.3) is 5.56 Å². The Morgan fingerprint density at radius 1 is 1.35 bits per heavy atom. The summed E-state index contributed by atoms with van der Waals surface area (Å²) in [5.41, 5.74) is 2.15. The van der Waals surface area contributed by atoms with E-state index in [1.165, 1.54) is 28.6 Å². The molecule has 1 aliphatic rings. The number of nitrogens with one attached hydrogen (secondary N) is 2. The first-order valence-electron chi connectivity index (χ1n) is 10.7. The lowest BCUT2D eigenvalue weighted by atomic mass is 9.97. The fourth-order valence-electron chi connectivity index (χ4n) is 3.92. The molecule has 6 nitrogen and oxygen atoms in total. The van der Waals surface area contributed by atoms with Gasteiger partial charge in [-0.15, -0.1) is 23.1 Å². The molecule has 3 aromatic rings. The number of benzene rings is 1. The number of rotatable bonds is 8. The van der Waals surface area contributed by atoms with E-state index in [9.17, 15) is 9.59 Å². The molecule has 0 radical (unpaired) electrons. The van der Waals surface area contributed by atoms with Gasteiger partial charge in [-0.25, -0.2) is 4.98 Å². The summed E-state index contributed by atoms with van der Waals surface area (Å²) in [5, 5.41) is 3.79. The molecule has 0 aliphatic heterocycles. The van der Waals surface area contributed by atoms with Gasteiger partial charge in [0.1, 0.15) is 16.4 Å². The van der Waals surface area contributed by atoms with Gasteiger partial charge < -0.3 is 15.0 Å². The quantitative estimate of drug-likeness (QED) is 0.525. The smallest absolute Gasteiger partial charge is 0.259 e. The second-order valence-electron chi connectivity index (χ2n) is 7.69. The summed E-state index contributed by atoms with van der Waals surface area (Å²) >= 11 is 3.10. The van der Waals surface area contributed by atoms with E-state index in [0.717, 1.165) is 40.8 Å². The number of amides is 1. The zero-order valence-corrected chi connectivity index (χ0v) is 19.5. The third-order valence-electron chi connectivity index (χ3n) is 5.39. The molecule has 1 amide bonds. The molecule has 1 aliphatic carbocycles. The average Bonchev–Trinajstić information content (AvgIpc) is 3.13. The predicted molar refractivity (Wildman–Crippen MR) is 127 cm³/mol. The molecule has 8 heteroatoms. The number of thiophene rings is 1. The predicted octanol–water partition coefficient (Wildman–Crippen LogP) is 4.37. The van der Waals surface area contributed by atoms with Crippen LogP contribution in [0.25, 0.3) is 10.2 Å². The van der Waals surface area contributed by atoms with Gasteiger partial charge in [0.2, 0.25) is 5.91 Å². The minimum Gasteiger partial charge on any atom is -0.494 e. The van der Waals surface area contributed by atoms with E-state index in [1.54, 1.807) is 11.3 Å². The maximum atomic E-state index is 12.6. The summed E-state index contributed by atoms with van der Waals surface area (Å²) in [6.45, 7) is 4.51. The Morgan fingerprint density at radius 2 is 2.19 bits per heavy atom. The van der Waals surface area contributed by atoms with Gasteiger partial charge in [-0.05, 0) is 62.8 Å². The number of carbonyl (C=O) groups is 1. The van der Waals surface area contributed by atoms with Crippen molar-refractivity contribution in [2.24, 2.45) is 0 Å². The van der Waals surface area contributed by atoms with Crippen molar-refractivity contribution in [3.8, 4) is 5.75 Å². The molecule has 164 valence electrons. The monoisotopic (exact) mass is 457 g/mol. The SMILES string of the molecule is CCOc1cccc(C(C)NC(=O)CSCc2nc3sc4c(c3c(=O)[nH]2)CCCC4)c1. The van der Waals surface area contributed by atoms with E-state index in [2.05, 4.69) is 15.3 Å². The van der Waals surface area contributed by atoms with Crippen LogP contribution in [0.2, 0.25) is 0 Å². The molecule has 2 N–H and O–H groups in total. The molecule has 0 saturated heterocycles. The van der Waals surface area contributed by atoms with Crippen molar-refractivity contribution < 1.29 is 9.53 Å². The van der Waals surface area contributed by atoms with Gasteiger partial charge in [0.05, 0.1) is 29.5 Å². The number of nitrogens with zero attached hydrogens (tertiary/aromatic N) is 1. The molecule has 2 aromatic heterocycles. The fraction of sp³-hybridized carbons (Fsp3) is 0.435. The summed E-state index contributed by atoms with van der Waals surface area (Å²) in [6.07, 6.45) is 4.34. The molecule has 0 bridgehead atoms. The van der Waals surface area contributed by atoms with Crippen molar-refractivity contribution in [1.82, 2.24) is 15.3 Å². The summed E-state index contributed by atoms with van der Waals surface area (Å²) in [7, 11) is 0. The maximum Gasteiger partial charge on any atom is 0.259 e. The van der Waals surface area contributed by atoms with Gasteiger partial charge in [0, 0.05) is 4.88 Å². The highest BCUT2D eigenvalue weighted by atomic mass is 32.2. The zero-order valence-electron chi connectivity index (χ0n) is 17.8. The van der Waals surface area contributed by atoms with Gasteiger partial charge >= 0.3 is 0 Å². The van der Waals surface area contributed by atoms with Gasteiger partial charge in [0.15, 0.2) is 0 Å². The van der Waals surface area contributed by atoms with E-state index in [1.807, 2.05) is 38.1 Å². The van der Waals surface area contributed by atoms with E-state index >= 15 is 0 Å². The van der Waals surface area contributed by atoms with Crippen LogP contribution >= 0.6 is 23.1 Å². The van der Waals surface area contributed by atoms with E-state index < -0.39 is 0 Å². The summed E-state index contributed by atoms with van der Waals surface area (Å²) in [4.78, 5) is 34.7. The normalized spacial score (nSPS) is 14.3. The first-order valence-corrected chi connectivity index (χ1v) is 12.7. The number of aromatic amines is 1. The lowest BCUT2D eigenvalue weighted by molar-refractivity contribution is -0.119. The van der Waals surface area contributed by atoms with Crippen molar-refractivity contribution in [1.29, 1.82) is 0 Å². The fourth-order valence-corrected chi connectivity index (χ4v) is 5.91. The van der Waals surface area contributed by atoms with E-state index in [4.69, 9.17) is 4.74 Å². The summed E-state index contributed by atoms with van der Waals surface area (Å²) < 4.78 is 5.53. The highest BCUT2D eigenvalue weighted by molar-refractivity contribution is 7.99. The topological polar surface area (TPSA) is 84.1 Å². The molecule has 1 unspecified atom stereocenters. The number of fused-ring (bicyclic) bond motifs is 3. The van der Waals surface area contributed by atoms with Crippen molar-refractivity contribution in [3.63, 3.8) is 0 Å². The number of H-pyrrole nitrogens is 1. The zero-order chi connectivity index (χ0) is 21.8. The van der Waals surface area contributed by atoms with Crippen LogP contribution in [0.5, 0.6) is 5.75 Å². The number of hydrogen-bond donors (Lipinski definition) is 2. The number of ether oxygens (including phenoxy) is 1. The first-order chi connectivity index (χ1) is 15.0. The number of thioether (sulfide) groups is 1. The number of aryl methyl sites for hydroxylation is 2. The third kappa shape index (κ3) is 5.13. The molecular formula is C23H27N3O3S2. The Morgan fingerprint density at radius 3 is 3.03 bits per heavy atom. The van der Waals surface area contributed by atoms with Crippen LogP contribution in [0, 0.1) is 0 Å². The van der Waals surface area contributed by atoms with E-state index in [0.29, 0.717) is 23.9 Å². The van der Waals surface area contributed by atoms with Crippen LogP contribution in [0.15, 0.2) is 29.1 Å². The molecule has 1 atom stereocenters. The van der Waals surface area contributed by atoms with Crippen molar-refractivity contribution in [2.45, 2.75) is 51.3 Å². The van der Waals surface area contributed by atoms with Crippen molar-refractivity contribution in [2.75, 3.05) is 12.4 Å². The van der Waals surface area contributed by atoms with Gasteiger partial charge in [-0.3, -0.25) is 9.59 Å². The van der Waals surface area contributed by atoms with Crippen LogP contribution in [0.4, 0.5) is 0 Å². The Bertz CT molecular complexity index is 1140. The Kier molecular flexibility index (Phi) is 6.97. The molecule has 2 heterocycles. The highest BCUT2D eigenvalue weighted by Gasteiger charge is 2.20. The number of hydrogen-bond acceptors (Lipinski definition) is 6. The van der Waals surface area contributed by atoms with Crippen LogP contribution in [0.1, 0.15) is 54.6 Å². The van der Waals surface area contributed by atoms with Crippen LogP contribution in [0.3, 0.4) is 0 Å². The van der Waals surface area contributed by atoms with Crippen molar-refractivity contribution >= 4 is 39.2 Å². The molecule has 0 spiro atoms. The summed E-state index contributed by atoms with van der Waals surface area (Å²) in [5.74, 6) is 2.19. The average molecular weight is 458 g/mol. The Hall–Kier alpha value is -2.32. The second-order valence-corrected chi connectivity index (χ2v) is 9.76. The molecule has 0 fully saturated rings. The highest BCUT2D eigenvalue weighted by Crippen LogP contribution is 2.33. The van der Waals surface area contributed by atoms with Crippen LogP contribution < -0.4 is 15.6 Å². The minimum absolute atomic E-state index is 0.0469. The van der Waals surface area contributed by atoms with Crippen LogP contribution in [-0.4, -0.2) is 28.2 Å². The molecule has 0 saturated carbocycles. The molecule has 4 rings (SSSR count). The first kappa shape index (κ1) is 21.9. The maximum absolute atomic E-state index is 12.6. The second kappa shape index (κ2) is 9.87. The molecular weight excluding hydrogens is 430 g/mol. The van der Waals surface area contributed by atoms with Gasteiger partial charge in [-0.2, -0.15) is 0 Å². The lowest BCUT2D eigenvalue weighted by Gasteiger charge is -2.15. The standard InChI is InChI=1S/C23H27N3O3S2/c1-3-29-16-8-6-7-15(11-16)14(2)24-20(27)13-30-12-19-25-22(28)21-17-9-4-5-10-18(17)31-23(21)26-19/h6-8,11,14H,3-5,9-10,12-13H2,1-2H3,(H,24,27)(H,25,26,28). The van der Waals surface area contributed by atoms with Gasteiger partial charge in [-0.1, -0.05) is 12.1 Å². The van der Waals surface area contributed by atoms with Crippen molar-refractivity contribution in [3.05, 3.63) is 56.4 Å². The molecule has 31 heavy (non-hydrogen) atoms. The van der Waals surface area contributed by atoms with E-state index in [-0.39, 0.29) is 17.5 Å². The number of aromatic nitrogens is 2. The minimum atomic E-state index is -0.111.